The number of carboxylic acid groups (broad SMARTS) is 1. The van der Waals surface area contributed by atoms with Crippen molar-refractivity contribution in [1.29, 1.82) is 0 Å². The van der Waals surface area contributed by atoms with Crippen molar-refractivity contribution in [3.63, 3.8) is 0 Å². The summed E-state index contributed by atoms with van der Waals surface area (Å²) in [6.45, 7) is 4.57. The fourth-order valence-electron chi connectivity index (χ4n) is 3.57. The van der Waals surface area contributed by atoms with Crippen LogP contribution in [0.15, 0.2) is 63.4 Å². The van der Waals surface area contributed by atoms with E-state index in [4.69, 9.17) is 18.7 Å². The number of ether oxygens (including phenoxy) is 1. The second-order valence-electron chi connectivity index (χ2n) is 8.45. The number of para-hydroxylation sites is 1. The lowest BCUT2D eigenvalue weighted by atomic mass is 9.99. The number of fused-ring (bicyclic) bond motifs is 1. The van der Waals surface area contributed by atoms with E-state index in [0.29, 0.717) is 11.3 Å². The van der Waals surface area contributed by atoms with Crippen LogP contribution in [0.2, 0.25) is 0 Å². The molecule has 2 aromatic carbocycles. The molecule has 4 rings (SSSR count). The molecule has 0 saturated carbocycles. The molecule has 0 radical (unpaired) electrons. The van der Waals surface area contributed by atoms with Gasteiger partial charge in [0.15, 0.2) is 5.76 Å². The van der Waals surface area contributed by atoms with Gasteiger partial charge >= 0.3 is 12.0 Å². The monoisotopic (exact) mass is 492 g/mol. The highest BCUT2D eigenvalue weighted by Gasteiger charge is 2.20. The van der Waals surface area contributed by atoms with Crippen molar-refractivity contribution in [2.24, 2.45) is 5.92 Å². The van der Waals surface area contributed by atoms with E-state index in [2.05, 4.69) is 34.7 Å². The Labute approximate surface area is 207 Å². The largest absolute Gasteiger partial charge is 0.481 e. The smallest absolute Gasteiger partial charge is 0.415 e. The van der Waals surface area contributed by atoms with Gasteiger partial charge in [-0.05, 0) is 42.3 Å². The summed E-state index contributed by atoms with van der Waals surface area (Å²) >= 11 is 0. The van der Waals surface area contributed by atoms with Crippen LogP contribution in [0.5, 0.6) is 6.08 Å². The van der Waals surface area contributed by atoms with Crippen molar-refractivity contribution in [2.75, 3.05) is 18.5 Å². The highest BCUT2D eigenvalue weighted by atomic mass is 16.6. The standard InChI is InChI=1S/C26H28N4O6/c1-3-16(2)20(28-19-10-8-17(9-11-19)24(33)27-13-12-23(31)32)15-34-26-30-29-25(36-26)22-14-18-6-4-5-7-21(18)35-22/h4-11,14,16,20,28H,3,12-13,15H2,1-2H3,(H,27,33)(H,31,32). The minimum atomic E-state index is -0.959. The lowest BCUT2D eigenvalue weighted by molar-refractivity contribution is -0.136. The molecule has 36 heavy (non-hydrogen) atoms. The molecular formula is C26H28N4O6. The molecule has 2 unspecified atom stereocenters. The first kappa shape index (κ1) is 24.8. The van der Waals surface area contributed by atoms with Crippen LogP contribution < -0.4 is 15.4 Å². The molecule has 0 spiro atoms. The SMILES string of the molecule is CCC(C)C(COc1nnc(-c2cc3ccccc3o2)o1)Nc1ccc(C(=O)NCCC(=O)O)cc1. The number of nitrogens with zero attached hydrogens (tertiary/aromatic N) is 2. The topological polar surface area (TPSA) is 140 Å². The predicted octanol–water partition coefficient (Wildman–Crippen LogP) is 4.59. The van der Waals surface area contributed by atoms with Crippen molar-refractivity contribution >= 4 is 28.5 Å². The number of carbonyl (C=O) groups is 2. The van der Waals surface area contributed by atoms with Gasteiger partial charge in [-0.15, -0.1) is 5.10 Å². The molecule has 1 amide bonds. The Morgan fingerprint density at radius 2 is 1.86 bits per heavy atom. The first-order valence-electron chi connectivity index (χ1n) is 11.7. The van der Waals surface area contributed by atoms with E-state index in [-0.39, 0.29) is 49.4 Å². The zero-order chi connectivity index (χ0) is 25.5. The number of hydrogen-bond acceptors (Lipinski definition) is 8. The van der Waals surface area contributed by atoms with E-state index in [1.54, 1.807) is 24.3 Å². The van der Waals surface area contributed by atoms with Gasteiger partial charge in [-0.25, -0.2) is 0 Å². The summed E-state index contributed by atoms with van der Waals surface area (Å²) in [5.41, 5.74) is 2.00. The third kappa shape index (κ3) is 6.21. The van der Waals surface area contributed by atoms with Crippen LogP contribution in [0.25, 0.3) is 22.6 Å². The van der Waals surface area contributed by atoms with Crippen molar-refractivity contribution < 1.29 is 28.3 Å². The first-order chi connectivity index (χ1) is 17.4. The lowest BCUT2D eigenvalue weighted by Crippen LogP contribution is -2.33. The summed E-state index contributed by atoms with van der Waals surface area (Å²) < 4.78 is 17.2. The van der Waals surface area contributed by atoms with Crippen molar-refractivity contribution in [2.45, 2.75) is 32.7 Å². The number of carbonyl (C=O) groups excluding carboxylic acids is 1. The number of amides is 1. The molecular weight excluding hydrogens is 464 g/mol. The molecule has 0 aliphatic carbocycles. The summed E-state index contributed by atoms with van der Waals surface area (Å²) in [4.78, 5) is 22.8. The maximum atomic E-state index is 12.2. The Balaban J connectivity index is 1.36. The second-order valence-corrected chi connectivity index (χ2v) is 8.45. The number of rotatable bonds is 12. The molecule has 0 fully saturated rings. The van der Waals surface area contributed by atoms with Crippen LogP contribution in [0.4, 0.5) is 5.69 Å². The average Bonchev–Trinajstić information content (AvgIpc) is 3.53. The molecule has 2 aromatic heterocycles. The molecule has 0 saturated heterocycles. The molecule has 4 aromatic rings. The van der Waals surface area contributed by atoms with Crippen LogP contribution in [-0.4, -0.2) is 46.4 Å². The summed E-state index contributed by atoms with van der Waals surface area (Å²) in [6, 6.07) is 16.4. The average molecular weight is 493 g/mol. The summed E-state index contributed by atoms with van der Waals surface area (Å²) in [7, 11) is 0. The van der Waals surface area contributed by atoms with E-state index in [0.717, 1.165) is 23.1 Å². The van der Waals surface area contributed by atoms with Gasteiger partial charge in [-0.2, -0.15) is 0 Å². The highest BCUT2D eigenvalue weighted by molar-refractivity contribution is 5.94. The normalized spacial score (nSPS) is 12.7. The van der Waals surface area contributed by atoms with Gasteiger partial charge in [0.05, 0.1) is 12.5 Å². The zero-order valence-corrected chi connectivity index (χ0v) is 20.1. The van der Waals surface area contributed by atoms with Gasteiger partial charge in [-0.1, -0.05) is 43.6 Å². The van der Waals surface area contributed by atoms with Gasteiger partial charge in [-0.3, -0.25) is 9.59 Å². The molecule has 10 heteroatoms. The van der Waals surface area contributed by atoms with Crippen LogP contribution in [-0.2, 0) is 4.79 Å². The minimum Gasteiger partial charge on any atom is -0.481 e. The summed E-state index contributed by atoms with van der Waals surface area (Å²) in [5, 5.41) is 23.7. The molecule has 188 valence electrons. The second kappa shape index (κ2) is 11.4. The van der Waals surface area contributed by atoms with Gasteiger partial charge < -0.3 is 29.3 Å². The number of carboxylic acids is 1. The summed E-state index contributed by atoms with van der Waals surface area (Å²) in [6.07, 6.45) is 0.843. The highest BCUT2D eigenvalue weighted by Crippen LogP contribution is 2.28. The molecule has 2 heterocycles. The first-order valence-corrected chi connectivity index (χ1v) is 11.7. The third-order valence-corrected chi connectivity index (χ3v) is 5.88. The fourth-order valence-corrected chi connectivity index (χ4v) is 3.57. The Kier molecular flexibility index (Phi) is 7.84. The van der Waals surface area contributed by atoms with Crippen LogP contribution in [0.1, 0.15) is 37.0 Å². The number of hydrogen-bond donors (Lipinski definition) is 3. The van der Waals surface area contributed by atoms with E-state index >= 15 is 0 Å². The van der Waals surface area contributed by atoms with Crippen LogP contribution in [0, 0.1) is 5.92 Å². The van der Waals surface area contributed by atoms with Crippen molar-refractivity contribution in [1.82, 2.24) is 15.5 Å². The Hall–Kier alpha value is -4.34. The lowest BCUT2D eigenvalue weighted by Gasteiger charge is -2.24. The molecule has 2 atom stereocenters. The van der Waals surface area contributed by atoms with Gasteiger partial charge in [0.2, 0.25) is 0 Å². The Bertz CT molecular complexity index is 1280. The number of aromatic nitrogens is 2. The maximum Gasteiger partial charge on any atom is 0.415 e. The maximum absolute atomic E-state index is 12.2. The van der Waals surface area contributed by atoms with Crippen molar-refractivity contribution in [3.05, 3.63) is 60.2 Å². The fraction of sp³-hybridized carbons (Fsp3) is 0.308. The quantitative estimate of drug-likeness (QED) is 0.259. The van der Waals surface area contributed by atoms with E-state index in [1.807, 2.05) is 30.3 Å². The van der Waals surface area contributed by atoms with Gasteiger partial charge in [0, 0.05) is 23.2 Å². The Morgan fingerprint density at radius 3 is 2.58 bits per heavy atom. The van der Waals surface area contributed by atoms with Gasteiger partial charge in [0.25, 0.3) is 11.8 Å². The molecule has 3 N–H and O–H groups in total. The third-order valence-electron chi connectivity index (χ3n) is 5.88. The minimum absolute atomic E-state index is 0.0499. The van der Waals surface area contributed by atoms with Crippen LogP contribution >= 0.6 is 0 Å². The zero-order valence-electron chi connectivity index (χ0n) is 20.1. The van der Waals surface area contributed by atoms with Crippen molar-refractivity contribution in [3.8, 4) is 17.7 Å². The van der Waals surface area contributed by atoms with E-state index in [1.165, 1.54) is 0 Å². The number of furan rings is 1. The molecule has 0 aliphatic heterocycles. The number of anilines is 1. The van der Waals surface area contributed by atoms with E-state index < -0.39 is 5.97 Å². The van der Waals surface area contributed by atoms with E-state index in [9.17, 15) is 9.59 Å². The predicted molar refractivity (Wildman–Crippen MR) is 133 cm³/mol. The Morgan fingerprint density at radius 1 is 1.08 bits per heavy atom. The molecule has 0 aliphatic rings. The molecule has 0 bridgehead atoms. The molecule has 10 nitrogen and oxygen atoms in total. The van der Waals surface area contributed by atoms with Crippen LogP contribution in [0.3, 0.4) is 0 Å². The number of nitrogens with one attached hydrogen (secondary N) is 2. The number of aliphatic carboxylic acids is 1. The van der Waals surface area contributed by atoms with Gasteiger partial charge in [0.1, 0.15) is 12.2 Å². The number of benzene rings is 2. The summed E-state index contributed by atoms with van der Waals surface area (Å²) in [5.74, 6) is -0.295.